The Morgan fingerprint density at radius 2 is 2.24 bits per heavy atom. The first-order valence-corrected chi connectivity index (χ1v) is 7.97. The molecule has 0 saturated carbocycles. The molecule has 1 aliphatic rings. The van der Waals surface area contributed by atoms with Crippen molar-refractivity contribution in [1.29, 1.82) is 0 Å². The third-order valence-corrected chi connectivity index (χ3v) is 4.59. The summed E-state index contributed by atoms with van der Waals surface area (Å²) in [6.07, 6.45) is 4.35. The number of benzene rings is 1. The van der Waals surface area contributed by atoms with Gasteiger partial charge in [-0.2, -0.15) is 0 Å². The third kappa shape index (κ3) is 3.27. The minimum Gasteiger partial charge on any atom is -0.441 e. The van der Waals surface area contributed by atoms with Crippen LogP contribution in [0.4, 0.5) is 0 Å². The Hall–Kier alpha value is -1.39. The van der Waals surface area contributed by atoms with Crippen LogP contribution in [0.5, 0.6) is 0 Å². The molecule has 2 unspecified atom stereocenters. The van der Waals surface area contributed by atoms with Crippen molar-refractivity contribution >= 4 is 11.1 Å². The van der Waals surface area contributed by atoms with E-state index in [0.717, 1.165) is 42.9 Å². The molecule has 1 N–H and O–H groups in total. The van der Waals surface area contributed by atoms with Gasteiger partial charge in [-0.05, 0) is 50.4 Å². The zero-order valence-electron chi connectivity index (χ0n) is 12.7. The number of piperidine rings is 1. The van der Waals surface area contributed by atoms with Crippen LogP contribution in [0.25, 0.3) is 11.1 Å². The molecule has 2 atom stereocenters. The smallest absolute Gasteiger partial charge is 0.195 e. The Morgan fingerprint density at radius 3 is 3.05 bits per heavy atom. The summed E-state index contributed by atoms with van der Waals surface area (Å²) in [4.78, 5) is 6.94. The lowest BCUT2D eigenvalue weighted by molar-refractivity contribution is 0.0520. The Labute approximate surface area is 125 Å². The van der Waals surface area contributed by atoms with Crippen LogP contribution in [0.2, 0.25) is 0 Å². The molecule has 0 bridgehead atoms. The van der Waals surface area contributed by atoms with Gasteiger partial charge >= 0.3 is 0 Å². The molecule has 1 aliphatic heterocycles. The number of aliphatic hydroxyl groups excluding tert-OH is 1. The molecule has 0 aliphatic carbocycles. The van der Waals surface area contributed by atoms with Crippen molar-refractivity contribution in [2.45, 2.75) is 38.6 Å². The number of aryl methyl sites for hydroxylation is 1. The van der Waals surface area contributed by atoms with Crippen molar-refractivity contribution < 1.29 is 9.52 Å². The molecule has 2 heterocycles. The van der Waals surface area contributed by atoms with Crippen LogP contribution < -0.4 is 0 Å². The van der Waals surface area contributed by atoms with Crippen molar-refractivity contribution in [3.63, 3.8) is 0 Å². The van der Waals surface area contributed by atoms with E-state index in [1.807, 2.05) is 24.3 Å². The van der Waals surface area contributed by atoms with E-state index in [9.17, 15) is 5.11 Å². The van der Waals surface area contributed by atoms with E-state index >= 15 is 0 Å². The summed E-state index contributed by atoms with van der Waals surface area (Å²) in [6, 6.07) is 8.21. The van der Waals surface area contributed by atoms with E-state index in [1.54, 1.807) is 0 Å². The molecular formula is C17H24N2O2. The topological polar surface area (TPSA) is 49.5 Å². The SMILES string of the molecule is CC1CCCN(CCCc2nc3ccccc3o2)C1CO. The second-order valence-electron chi connectivity index (χ2n) is 6.08. The molecule has 4 nitrogen and oxygen atoms in total. The number of aromatic nitrogens is 1. The highest BCUT2D eigenvalue weighted by Gasteiger charge is 2.27. The first-order chi connectivity index (χ1) is 10.3. The van der Waals surface area contributed by atoms with E-state index in [-0.39, 0.29) is 6.61 Å². The van der Waals surface area contributed by atoms with Gasteiger partial charge in [0.25, 0.3) is 0 Å². The molecule has 0 radical (unpaired) electrons. The Bertz CT molecular complexity index is 548. The molecule has 3 rings (SSSR count). The van der Waals surface area contributed by atoms with Crippen LogP contribution in [0.15, 0.2) is 28.7 Å². The number of hydrogen-bond acceptors (Lipinski definition) is 4. The van der Waals surface area contributed by atoms with Crippen LogP contribution in [0.1, 0.15) is 32.1 Å². The number of likely N-dealkylation sites (tertiary alicyclic amines) is 1. The number of para-hydroxylation sites is 2. The fraction of sp³-hybridized carbons (Fsp3) is 0.588. The number of aliphatic hydroxyl groups is 1. The van der Waals surface area contributed by atoms with Gasteiger partial charge in [0.2, 0.25) is 0 Å². The Morgan fingerprint density at radius 1 is 1.38 bits per heavy atom. The average molecular weight is 288 g/mol. The summed E-state index contributed by atoms with van der Waals surface area (Å²) in [7, 11) is 0. The molecular weight excluding hydrogens is 264 g/mol. The highest BCUT2D eigenvalue weighted by molar-refractivity contribution is 5.72. The maximum absolute atomic E-state index is 9.57. The van der Waals surface area contributed by atoms with Gasteiger partial charge in [0, 0.05) is 12.5 Å². The number of rotatable bonds is 5. The maximum Gasteiger partial charge on any atom is 0.195 e. The predicted octanol–water partition coefficient (Wildman–Crippen LogP) is 2.85. The van der Waals surface area contributed by atoms with Crippen molar-refractivity contribution in [1.82, 2.24) is 9.88 Å². The van der Waals surface area contributed by atoms with Crippen LogP contribution in [0.3, 0.4) is 0 Å². The molecule has 0 spiro atoms. The summed E-state index contributed by atoms with van der Waals surface area (Å²) < 4.78 is 5.75. The summed E-state index contributed by atoms with van der Waals surface area (Å²) >= 11 is 0. The number of fused-ring (bicyclic) bond motifs is 1. The van der Waals surface area contributed by atoms with E-state index in [4.69, 9.17) is 4.42 Å². The van der Waals surface area contributed by atoms with Crippen LogP contribution in [-0.2, 0) is 6.42 Å². The zero-order chi connectivity index (χ0) is 14.7. The molecule has 0 amide bonds. The molecule has 1 aromatic carbocycles. The average Bonchev–Trinajstić information content (AvgIpc) is 2.90. The minimum absolute atomic E-state index is 0.268. The highest BCUT2D eigenvalue weighted by atomic mass is 16.3. The summed E-state index contributed by atoms with van der Waals surface area (Å²) in [5.41, 5.74) is 1.81. The molecule has 1 fully saturated rings. The van der Waals surface area contributed by atoms with Crippen LogP contribution >= 0.6 is 0 Å². The number of nitrogens with zero attached hydrogens (tertiary/aromatic N) is 2. The largest absolute Gasteiger partial charge is 0.441 e. The van der Waals surface area contributed by atoms with Crippen LogP contribution in [-0.4, -0.2) is 40.7 Å². The Balaban J connectivity index is 1.55. The fourth-order valence-electron chi connectivity index (χ4n) is 3.37. The van der Waals surface area contributed by atoms with Gasteiger partial charge in [-0.15, -0.1) is 0 Å². The first-order valence-electron chi connectivity index (χ1n) is 7.97. The van der Waals surface area contributed by atoms with Crippen LogP contribution in [0, 0.1) is 5.92 Å². The van der Waals surface area contributed by atoms with Crippen molar-refractivity contribution in [3.05, 3.63) is 30.2 Å². The van der Waals surface area contributed by atoms with Gasteiger partial charge in [-0.1, -0.05) is 19.1 Å². The maximum atomic E-state index is 9.57. The fourth-order valence-corrected chi connectivity index (χ4v) is 3.37. The van der Waals surface area contributed by atoms with Crippen molar-refractivity contribution in [2.75, 3.05) is 19.7 Å². The van der Waals surface area contributed by atoms with E-state index in [0.29, 0.717) is 12.0 Å². The molecule has 2 aromatic rings. The summed E-state index contributed by atoms with van der Waals surface area (Å²) in [5.74, 6) is 1.41. The third-order valence-electron chi connectivity index (χ3n) is 4.59. The Kier molecular flexibility index (Phi) is 4.56. The van der Waals surface area contributed by atoms with E-state index in [2.05, 4.69) is 16.8 Å². The number of oxazole rings is 1. The van der Waals surface area contributed by atoms with E-state index in [1.165, 1.54) is 12.8 Å². The quantitative estimate of drug-likeness (QED) is 0.919. The minimum atomic E-state index is 0.268. The monoisotopic (exact) mass is 288 g/mol. The van der Waals surface area contributed by atoms with E-state index < -0.39 is 0 Å². The van der Waals surface area contributed by atoms with Gasteiger partial charge < -0.3 is 9.52 Å². The summed E-state index contributed by atoms with van der Waals surface area (Å²) in [6.45, 7) is 4.62. The molecule has 1 saturated heterocycles. The molecule has 21 heavy (non-hydrogen) atoms. The van der Waals surface area contributed by atoms with Crippen molar-refractivity contribution in [3.8, 4) is 0 Å². The van der Waals surface area contributed by atoms with Crippen molar-refractivity contribution in [2.24, 2.45) is 5.92 Å². The lowest BCUT2D eigenvalue weighted by Crippen LogP contribution is -2.46. The second kappa shape index (κ2) is 6.58. The first kappa shape index (κ1) is 14.5. The number of hydrogen-bond donors (Lipinski definition) is 1. The lowest BCUT2D eigenvalue weighted by Gasteiger charge is -2.39. The molecule has 114 valence electrons. The van der Waals surface area contributed by atoms with Gasteiger partial charge in [0.05, 0.1) is 6.61 Å². The summed E-state index contributed by atoms with van der Waals surface area (Å²) in [5, 5.41) is 9.57. The predicted molar refractivity (Wildman–Crippen MR) is 83.2 cm³/mol. The van der Waals surface area contributed by atoms with Gasteiger partial charge in [0.1, 0.15) is 5.52 Å². The molecule has 1 aromatic heterocycles. The highest BCUT2D eigenvalue weighted by Crippen LogP contribution is 2.23. The van der Waals surface area contributed by atoms with Gasteiger partial charge in [-0.3, -0.25) is 4.90 Å². The van der Waals surface area contributed by atoms with Gasteiger partial charge in [-0.25, -0.2) is 4.98 Å². The molecule has 4 heteroatoms. The van der Waals surface area contributed by atoms with Gasteiger partial charge in [0.15, 0.2) is 11.5 Å². The zero-order valence-corrected chi connectivity index (χ0v) is 12.7. The lowest BCUT2D eigenvalue weighted by atomic mass is 9.91. The normalized spacial score (nSPS) is 23.7. The standard InChI is InChI=1S/C17H24N2O2/c1-13-6-4-10-19(15(13)12-20)11-5-9-17-18-14-7-2-3-8-16(14)21-17/h2-3,7-8,13,15,20H,4-6,9-12H2,1H3. The second-order valence-corrected chi connectivity index (χ2v) is 6.08.